The summed E-state index contributed by atoms with van der Waals surface area (Å²) in [7, 11) is 0. The number of nitrogens with one attached hydrogen (secondary N) is 1. The highest BCUT2D eigenvalue weighted by Gasteiger charge is 2.34. The van der Waals surface area contributed by atoms with Crippen LogP contribution in [0, 0.1) is 0 Å². The minimum atomic E-state index is -0.817. The number of nitrogens with zero attached hydrogens (tertiary/aromatic N) is 1. The largest absolute Gasteiger partial charge is 0.483 e. The van der Waals surface area contributed by atoms with Crippen LogP contribution in [0.5, 0.6) is 5.75 Å². The lowest BCUT2D eigenvalue weighted by Gasteiger charge is -2.42. The quantitative estimate of drug-likeness (QED) is 0.759. The van der Waals surface area contributed by atoms with Gasteiger partial charge in [0, 0.05) is 17.5 Å². The molecule has 2 N–H and O–H groups in total. The number of hydrogen-bond donors (Lipinski definition) is 2. The molecule has 1 fully saturated rings. The molecule has 0 saturated heterocycles. The molecule has 2 aromatic carbocycles. The summed E-state index contributed by atoms with van der Waals surface area (Å²) in [6.45, 7) is 2.67. The number of aliphatic carboxylic acids is 1. The van der Waals surface area contributed by atoms with Crippen molar-refractivity contribution in [3.8, 4) is 5.75 Å². The standard InChI is InChI=1S/C20H24N2O4/c1-2-22(12-20(24)25)16-10-15(11-16)21-19(23)13-26-18-9-5-7-14-6-3-4-8-17(14)18/h3-9,15-16H,2,10-13H2,1H3,(H,21,23)(H,24,25). The molecule has 6 nitrogen and oxygen atoms in total. The second-order valence-corrected chi connectivity index (χ2v) is 6.61. The molecule has 0 spiro atoms. The first kappa shape index (κ1) is 18.2. The van der Waals surface area contributed by atoms with Gasteiger partial charge >= 0.3 is 5.97 Å². The first-order valence-corrected chi connectivity index (χ1v) is 8.92. The number of fused-ring (bicyclic) bond motifs is 1. The van der Waals surface area contributed by atoms with Crippen molar-refractivity contribution in [2.24, 2.45) is 0 Å². The normalized spacial score (nSPS) is 19.2. The topological polar surface area (TPSA) is 78.9 Å². The lowest BCUT2D eigenvalue weighted by atomic mass is 9.85. The number of rotatable bonds is 8. The second-order valence-electron chi connectivity index (χ2n) is 6.61. The van der Waals surface area contributed by atoms with E-state index in [0.29, 0.717) is 12.3 Å². The molecule has 0 bridgehead atoms. The Kier molecular flexibility index (Phi) is 5.73. The van der Waals surface area contributed by atoms with Crippen LogP contribution in [-0.2, 0) is 9.59 Å². The monoisotopic (exact) mass is 356 g/mol. The summed E-state index contributed by atoms with van der Waals surface area (Å²) in [4.78, 5) is 24.9. The van der Waals surface area contributed by atoms with Crippen molar-refractivity contribution in [3.05, 3.63) is 42.5 Å². The molecule has 26 heavy (non-hydrogen) atoms. The molecule has 1 saturated carbocycles. The molecule has 0 atom stereocenters. The van der Waals surface area contributed by atoms with Crippen molar-refractivity contribution < 1.29 is 19.4 Å². The van der Waals surface area contributed by atoms with Crippen molar-refractivity contribution in [3.63, 3.8) is 0 Å². The Balaban J connectivity index is 1.46. The van der Waals surface area contributed by atoms with E-state index in [9.17, 15) is 9.59 Å². The molecular weight excluding hydrogens is 332 g/mol. The van der Waals surface area contributed by atoms with E-state index in [-0.39, 0.29) is 31.1 Å². The summed E-state index contributed by atoms with van der Waals surface area (Å²) >= 11 is 0. The zero-order valence-corrected chi connectivity index (χ0v) is 14.9. The van der Waals surface area contributed by atoms with E-state index in [1.165, 1.54) is 0 Å². The van der Waals surface area contributed by atoms with Gasteiger partial charge < -0.3 is 15.2 Å². The van der Waals surface area contributed by atoms with Gasteiger partial charge in [-0.15, -0.1) is 0 Å². The Hall–Kier alpha value is -2.60. The van der Waals surface area contributed by atoms with Crippen LogP contribution < -0.4 is 10.1 Å². The average molecular weight is 356 g/mol. The Bertz CT molecular complexity index is 781. The summed E-state index contributed by atoms with van der Waals surface area (Å²) in [6, 6.07) is 14.0. The highest BCUT2D eigenvalue weighted by Crippen LogP contribution is 2.26. The molecule has 0 heterocycles. The van der Waals surface area contributed by atoms with Gasteiger partial charge in [0.25, 0.3) is 5.91 Å². The predicted octanol–water partition coefficient (Wildman–Crippen LogP) is 2.27. The number of ether oxygens (including phenoxy) is 1. The molecule has 6 heteroatoms. The maximum Gasteiger partial charge on any atom is 0.317 e. The van der Waals surface area contributed by atoms with E-state index in [4.69, 9.17) is 9.84 Å². The van der Waals surface area contributed by atoms with Crippen molar-refractivity contribution in [1.82, 2.24) is 10.2 Å². The number of carbonyl (C=O) groups is 2. The number of carboxylic acid groups (broad SMARTS) is 1. The highest BCUT2D eigenvalue weighted by molar-refractivity contribution is 5.88. The van der Waals surface area contributed by atoms with Gasteiger partial charge in [-0.25, -0.2) is 0 Å². The van der Waals surface area contributed by atoms with E-state index >= 15 is 0 Å². The summed E-state index contributed by atoms with van der Waals surface area (Å²) in [5, 5.41) is 13.9. The zero-order chi connectivity index (χ0) is 18.5. The first-order chi connectivity index (χ1) is 12.6. The minimum Gasteiger partial charge on any atom is -0.483 e. The zero-order valence-electron chi connectivity index (χ0n) is 14.9. The smallest absolute Gasteiger partial charge is 0.317 e. The Morgan fingerprint density at radius 2 is 1.92 bits per heavy atom. The Labute approximate surface area is 152 Å². The molecule has 0 unspecified atom stereocenters. The maximum absolute atomic E-state index is 12.1. The van der Waals surface area contributed by atoms with Gasteiger partial charge in [0.05, 0.1) is 6.54 Å². The van der Waals surface area contributed by atoms with E-state index in [2.05, 4.69) is 5.32 Å². The third kappa shape index (κ3) is 4.32. The molecule has 0 aromatic heterocycles. The van der Waals surface area contributed by atoms with Gasteiger partial charge in [-0.3, -0.25) is 14.5 Å². The highest BCUT2D eigenvalue weighted by atomic mass is 16.5. The van der Waals surface area contributed by atoms with Crippen LogP contribution in [0.25, 0.3) is 10.8 Å². The minimum absolute atomic E-state index is 0.0260. The Morgan fingerprint density at radius 1 is 1.19 bits per heavy atom. The lowest BCUT2D eigenvalue weighted by Crippen LogP contribution is -2.55. The molecule has 1 aliphatic carbocycles. The van der Waals surface area contributed by atoms with Crippen LogP contribution in [0.4, 0.5) is 0 Å². The van der Waals surface area contributed by atoms with Crippen LogP contribution in [-0.4, -0.2) is 53.7 Å². The number of carbonyl (C=O) groups excluding carboxylic acids is 1. The van der Waals surface area contributed by atoms with Crippen LogP contribution in [0.2, 0.25) is 0 Å². The fourth-order valence-corrected chi connectivity index (χ4v) is 3.41. The molecule has 0 radical (unpaired) electrons. The van der Waals surface area contributed by atoms with E-state index < -0.39 is 5.97 Å². The fourth-order valence-electron chi connectivity index (χ4n) is 3.41. The number of amides is 1. The van der Waals surface area contributed by atoms with E-state index in [1.54, 1.807) is 0 Å². The van der Waals surface area contributed by atoms with Gasteiger partial charge in [-0.1, -0.05) is 43.3 Å². The van der Waals surface area contributed by atoms with Crippen molar-refractivity contribution >= 4 is 22.6 Å². The number of carboxylic acids is 1. The van der Waals surface area contributed by atoms with E-state index in [1.807, 2.05) is 54.3 Å². The van der Waals surface area contributed by atoms with Crippen molar-refractivity contribution in [1.29, 1.82) is 0 Å². The maximum atomic E-state index is 12.1. The second kappa shape index (κ2) is 8.19. The summed E-state index contributed by atoms with van der Waals surface area (Å²) in [5.41, 5.74) is 0. The molecular formula is C20H24N2O4. The van der Waals surface area contributed by atoms with Gasteiger partial charge in [0.2, 0.25) is 0 Å². The van der Waals surface area contributed by atoms with Crippen LogP contribution in [0.3, 0.4) is 0 Å². The molecule has 3 rings (SSSR count). The Morgan fingerprint density at radius 3 is 2.65 bits per heavy atom. The number of likely N-dealkylation sites (N-methyl/N-ethyl adjacent to an activating group) is 1. The predicted molar refractivity (Wildman–Crippen MR) is 99.3 cm³/mol. The van der Waals surface area contributed by atoms with Crippen LogP contribution in [0.1, 0.15) is 19.8 Å². The van der Waals surface area contributed by atoms with Crippen molar-refractivity contribution in [2.75, 3.05) is 19.7 Å². The van der Waals surface area contributed by atoms with Gasteiger partial charge in [-0.2, -0.15) is 0 Å². The average Bonchev–Trinajstić information content (AvgIpc) is 2.60. The summed E-state index contributed by atoms with van der Waals surface area (Å²) < 4.78 is 5.70. The van der Waals surface area contributed by atoms with Crippen molar-refractivity contribution in [2.45, 2.75) is 31.8 Å². The molecule has 138 valence electrons. The molecule has 1 aliphatic rings. The third-order valence-electron chi connectivity index (χ3n) is 4.85. The van der Waals surface area contributed by atoms with Crippen LogP contribution >= 0.6 is 0 Å². The summed E-state index contributed by atoms with van der Waals surface area (Å²) in [5.74, 6) is -0.270. The van der Waals surface area contributed by atoms with Gasteiger partial charge in [0.15, 0.2) is 6.61 Å². The fraction of sp³-hybridized carbons (Fsp3) is 0.400. The van der Waals surface area contributed by atoms with E-state index in [0.717, 1.165) is 23.6 Å². The SMILES string of the molecule is CCN(CC(=O)O)C1CC(NC(=O)COc2cccc3ccccc23)C1. The lowest BCUT2D eigenvalue weighted by molar-refractivity contribution is -0.139. The summed E-state index contributed by atoms with van der Waals surface area (Å²) in [6.07, 6.45) is 1.56. The number of benzene rings is 2. The van der Waals surface area contributed by atoms with Gasteiger partial charge in [0.1, 0.15) is 5.75 Å². The van der Waals surface area contributed by atoms with Gasteiger partial charge in [-0.05, 0) is 30.8 Å². The molecule has 2 aromatic rings. The van der Waals surface area contributed by atoms with Crippen LogP contribution in [0.15, 0.2) is 42.5 Å². The molecule has 0 aliphatic heterocycles. The first-order valence-electron chi connectivity index (χ1n) is 8.92. The number of hydrogen-bond acceptors (Lipinski definition) is 4. The molecule has 1 amide bonds. The third-order valence-corrected chi connectivity index (χ3v) is 4.85.